The molecule has 0 bridgehead atoms. The highest BCUT2D eigenvalue weighted by Crippen LogP contribution is 2.39. The molecule has 1 saturated heterocycles. The number of aliphatic imine (C=N–C) groups is 1. The summed E-state index contributed by atoms with van der Waals surface area (Å²) in [5.74, 6) is 1.34. The number of rotatable bonds is 5. The van der Waals surface area contributed by atoms with Gasteiger partial charge in [0.2, 0.25) is 5.75 Å². The quantitative estimate of drug-likeness (QED) is 0.687. The van der Waals surface area contributed by atoms with Crippen molar-refractivity contribution in [1.29, 1.82) is 0 Å². The highest BCUT2D eigenvalue weighted by Gasteiger charge is 2.24. The molecule has 27 heavy (non-hydrogen) atoms. The van der Waals surface area contributed by atoms with E-state index in [2.05, 4.69) is 26.2 Å². The molecule has 2 aromatic carbocycles. The van der Waals surface area contributed by atoms with E-state index in [0.717, 1.165) is 15.7 Å². The summed E-state index contributed by atoms with van der Waals surface area (Å²) in [7, 11) is 4.64. The number of carbonyl (C=O) groups excluding carboxylic acids is 1. The Balaban J connectivity index is 1.92. The molecule has 6 nitrogen and oxygen atoms in total. The lowest BCUT2D eigenvalue weighted by molar-refractivity contribution is -0.115. The molecule has 0 unspecified atom stereocenters. The summed E-state index contributed by atoms with van der Waals surface area (Å²) < 4.78 is 16.9. The van der Waals surface area contributed by atoms with Crippen LogP contribution >= 0.6 is 27.7 Å². The van der Waals surface area contributed by atoms with Crippen LogP contribution in [0.25, 0.3) is 6.08 Å². The molecule has 1 aliphatic heterocycles. The van der Waals surface area contributed by atoms with Gasteiger partial charge in [0, 0.05) is 4.47 Å². The highest BCUT2D eigenvalue weighted by molar-refractivity contribution is 9.10. The van der Waals surface area contributed by atoms with Crippen LogP contribution in [0, 0.1) is 0 Å². The molecule has 0 aliphatic carbocycles. The Morgan fingerprint density at radius 2 is 1.74 bits per heavy atom. The maximum absolute atomic E-state index is 12.3. The normalized spacial score (nSPS) is 16.5. The number of methoxy groups -OCH3 is 3. The molecule has 1 N–H and O–H groups in total. The molecule has 0 saturated carbocycles. The highest BCUT2D eigenvalue weighted by atomic mass is 79.9. The van der Waals surface area contributed by atoms with Crippen molar-refractivity contribution in [3.8, 4) is 17.2 Å². The molecule has 0 spiro atoms. The van der Waals surface area contributed by atoms with E-state index in [4.69, 9.17) is 14.2 Å². The molecule has 0 aromatic heterocycles. The van der Waals surface area contributed by atoms with Crippen molar-refractivity contribution in [3.63, 3.8) is 0 Å². The van der Waals surface area contributed by atoms with Crippen LogP contribution in [-0.2, 0) is 4.79 Å². The number of ether oxygens (including phenoxy) is 3. The number of benzene rings is 2. The summed E-state index contributed by atoms with van der Waals surface area (Å²) in [6.07, 6.45) is 1.76. The van der Waals surface area contributed by atoms with E-state index in [0.29, 0.717) is 27.3 Å². The van der Waals surface area contributed by atoms with Crippen LogP contribution in [-0.4, -0.2) is 32.4 Å². The third kappa shape index (κ3) is 4.28. The van der Waals surface area contributed by atoms with Gasteiger partial charge in [-0.15, -0.1) is 0 Å². The van der Waals surface area contributed by atoms with E-state index in [-0.39, 0.29) is 5.91 Å². The van der Waals surface area contributed by atoms with Gasteiger partial charge in [-0.05, 0) is 63.6 Å². The van der Waals surface area contributed by atoms with Crippen molar-refractivity contribution in [1.82, 2.24) is 5.32 Å². The van der Waals surface area contributed by atoms with E-state index in [1.165, 1.54) is 11.8 Å². The van der Waals surface area contributed by atoms with E-state index in [9.17, 15) is 4.79 Å². The molecule has 2 aromatic rings. The Morgan fingerprint density at radius 1 is 1.07 bits per heavy atom. The minimum Gasteiger partial charge on any atom is -0.493 e. The lowest BCUT2D eigenvalue weighted by Gasteiger charge is -2.12. The number of amides is 1. The van der Waals surface area contributed by atoms with E-state index < -0.39 is 0 Å². The van der Waals surface area contributed by atoms with Crippen molar-refractivity contribution in [3.05, 3.63) is 51.3 Å². The predicted molar refractivity (Wildman–Crippen MR) is 111 cm³/mol. The smallest absolute Gasteiger partial charge is 0.264 e. The number of nitrogens with zero attached hydrogens (tertiary/aromatic N) is 1. The Morgan fingerprint density at radius 3 is 2.33 bits per heavy atom. The van der Waals surface area contributed by atoms with Gasteiger partial charge < -0.3 is 19.5 Å². The van der Waals surface area contributed by atoms with Crippen LogP contribution < -0.4 is 19.5 Å². The van der Waals surface area contributed by atoms with Gasteiger partial charge in [0.25, 0.3) is 5.91 Å². The predicted octanol–water partition coefficient (Wildman–Crippen LogP) is 4.37. The topological polar surface area (TPSA) is 69.2 Å². The summed E-state index contributed by atoms with van der Waals surface area (Å²) in [6, 6.07) is 11.1. The third-order valence-electron chi connectivity index (χ3n) is 3.71. The van der Waals surface area contributed by atoms with Crippen LogP contribution in [0.4, 0.5) is 5.69 Å². The number of nitrogens with one attached hydrogen (secondary N) is 1. The minimum atomic E-state index is -0.209. The first kappa shape index (κ1) is 19.3. The summed E-state index contributed by atoms with van der Waals surface area (Å²) in [4.78, 5) is 17.3. The van der Waals surface area contributed by atoms with Crippen molar-refractivity contribution in [2.75, 3.05) is 21.3 Å². The lowest BCUT2D eigenvalue weighted by atomic mass is 10.1. The van der Waals surface area contributed by atoms with Gasteiger partial charge in [-0.25, -0.2) is 4.99 Å². The van der Waals surface area contributed by atoms with Gasteiger partial charge in [0.1, 0.15) is 0 Å². The summed E-state index contributed by atoms with van der Waals surface area (Å²) in [6.45, 7) is 0. The van der Waals surface area contributed by atoms with Crippen LogP contribution in [0.15, 0.2) is 50.8 Å². The number of thioether (sulfide) groups is 1. The molecule has 1 heterocycles. The Kier molecular flexibility index (Phi) is 6.08. The van der Waals surface area contributed by atoms with E-state index >= 15 is 0 Å². The fourth-order valence-electron chi connectivity index (χ4n) is 2.47. The van der Waals surface area contributed by atoms with Crippen LogP contribution in [0.5, 0.6) is 17.2 Å². The molecule has 0 atom stereocenters. The SMILES string of the molecule is COc1cc(/C=C2/SC(=Nc3ccccc3Br)NC2=O)cc(OC)c1OC. The molecule has 3 rings (SSSR count). The molecule has 1 amide bonds. The van der Waals surface area contributed by atoms with E-state index in [1.54, 1.807) is 39.5 Å². The molecular weight excluding hydrogens is 432 g/mol. The average Bonchev–Trinajstić information content (AvgIpc) is 3.01. The minimum absolute atomic E-state index is 0.209. The largest absolute Gasteiger partial charge is 0.493 e. The first-order valence-electron chi connectivity index (χ1n) is 7.90. The standard InChI is InChI=1S/C19H17BrN2O4S/c1-24-14-8-11(9-15(25-2)17(14)26-3)10-16-18(23)22-19(27-16)21-13-7-5-4-6-12(13)20/h4-10H,1-3H3,(H,21,22,23)/b16-10+. The summed E-state index contributed by atoms with van der Waals surface area (Å²) in [5.41, 5.74) is 1.50. The molecule has 1 fully saturated rings. The number of hydrogen-bond donors (Lipinski definition) is 1. The second-order valence-corrected chi connectivity index (χ2v) is 7.28. The molecular formula is C19H17BrN2O4S. The van der Waals surface area contributed by atoms with Crippen molar-refractivity contribution in [2.24, 2.45) is 4.99 Å². The fourth-order valence-corrected chi connectivity index (χ4v) is 3.68. The maximum Gasteiger partial charge on any atom is 0.264 e. The van der Waals surface area contributed by atoms with Crippen LogP contribution in [0.3, 0.4) is 0 Å². The molecule has 8 heteroatoms. The zero-order valence-corrected chi connectivity index (χ0v) is 17.3. The zero-order chi connectivity index (χ0) is 19.4. The number of hydrogen-bond acceptors (Lipinski definition) is 6. The first-order valence-corrected chi connectivity index (χ1v) is 9.50. The van der Waals surface area contributed by atoms with Crippen molar-refractivity contribution >= 4 is 50.5 Å². The second-order valence-electron chi connectivity index (χ2n) is 5.39. The lowest BCUT2D eigenvalue weighted by Crippen LogP contribution is -2.19. The Labute approximate surface area is 169 Å². The number of halogens is 1. The molecule has 140 valence electrons. The number of amidine groups is 1. The third-order valence-corrected chi connectivity index (χ3v) is 5.29. The van der Waals surface area contributed by atoms with Crippen molar-refractivity contribution < 1.29 is 19.0 Å². The van der Waals surface area contributed by atoms with Gasteiger partial charge in [0.15, 0.2) is 16.7 Å². The monoisotopic (exact) mass is 448 g/mol. The maximum atomic E-state index is 12.3. The second kappa shape index (κ2) is 8.49. The van der Waals surface area contributed by atoms with Gasteiger partial charge in [0.05, 0.1) is 31.9 Å². The average molecular weight is 449 g/mol. The van der Waals surface area contributed by atoms with Gasteiger partial charge >= 0.3 is 0 Å². The summed E-state index contributed by atoms with van der Waals surface area (Å²) in [5, 5.41) is 3.30. The van der Waals surface area contributed by atoms with E-state index in [1.807, 2.05) is 24.3 Å². The number of para-hydroxylation sites is 1. The van der Waals surface area contributed by atoms with Gasteiger partial charge in [-0.1, -0.05) is 12.1 Å². The Bertz CT molecular complexity index is 918. The number of carbonyl (C=O) groups is 1. The zero-order valence-electron chi connectivity index (χ0n) is 14.9. The summed E-state index contributed by atoms with van der Waals surface area (Å²) >= 11 is 4.72. The van der Waals surface area contributed by atoms with Crippen LogP contribution in [0.1, 0.15) is 5.56 Å². The van der Waals surface area contributed by atoms with Gasteiger partial charge in [-0.2, -0.15) is 0 Å². The first-order chi connectivity index (χ1) is 13.0. The Hall–Kier alpha value is -2.45. The fraction of sp³-hybridized carbons (Fsp3) is 0.158. The molecule has 0 radical (unpaired) electrons. The molecule has 1 aliphatic rings. The van der Waals surface area contributed by atoms with Gasteiger partial charge in [-0.3, -0.25) is 4.79 Å². The van der Waals surface area contributed by atoms with Crippen LogP contribution in [0.2, 0.25) is 0 Å². The van der Waals surface area contributed by atoms with Crippen molar-refractivity contribution in [2.45, 2.75) is 0 Å².